The van der Waals surface area contributed by atoms with Crippen LogP contribution in [0.15, 0.2) is 182 Å². The van der Waals surface area contributed by atoms with Gasteiger partial charge in [-0.3, -0.25) is 0 Å². The van der Waals surface area contributed by atoms with Gasteiger partial charge in [0.05, 0.1) is 0 Å². The maximum Gasteiger partial charge on any atom is -0.00262 e. The largest absolute Gasteiger partial charge is 0.0622 e. The van der Waals surface area contributed by atoms with Crippen molar-refractivity contribution in [3.05, 3.63) is 182 Å². The predicted octanol–water partition coefficient (Wildman–Crippen LogP) is 13.0. The van der Waals surface area contributed by atoms with Crippen molar-refractivity contribution in [1.82, 2.24) is 0 Å². The van der Waals surface area contributed by atoms with Gasteiger partial charge in [0, 0.05) is 0 Å². The maximum absolute atomic E-state index is 2.37. The van der Waals surface area contributed by atoms with Gasteiger partial charge in [0.2, 0.25) is 0 Å². The van der Waals surface area contributed by atoms with Crippen molar-refractivity contribution in [2.75, 3.05) is 0 Å². The molecule has 0 heteroatoms. The summed E-state index contributed by atoms with van der Waals surface area (Å²) in [5, 5.41) is 10.2. The molecule has 0 nitrogen and oxygen atoms in total. The monoisotopic (exact) mass is 582 g/mol. The molecule has 9 aromatic carbocycles. The van der Waals surface area contributed by atoms with Crippen LogP contribution in [0.5, 0.6) is 0 Å². The van der Waals surface area contributed by atoms with Gasteiger partial charge in [-0.15, -0.1) is 0 Å². The standard InChI is InChI=1S/C46H30/c1-2-11-31(12-3-1)32-21-23-33(24-22-32)45-41-17-6-8-19-43(41)46(44-20-9-7-18-42(44)45)39-16-10-15-36(28-39)37-25-26-38-27-34-13-4-5-14-35(34)29-40(38)30-37/h1-30H. The second-order valence-corrected chi connectivity index (χ2v) is 12.1. The van der Waals surface area contributed by atoms with Crippen molar-refractivity contribution in [2.24, 2.45) is 0 Å². The van der Waals surface area contributed by atoms with E-state index in [4.69, 9.17) is 0 Å². The van der Waals surface area contributed by atoms with Crippen LogP contribution in [0.25, 0.3) is 87.6 Å². The lowest BCUT2D eigenvalue weighted by Gasteiger charge is -2.18. The Labute approximate surface area is 268 Å². The fourth-order valence-corrected chi connectivity index (χ4v) is 7.18. The van der Waals surface area contributed by atoms with Crippen molar-refractivity contribution < 1.29 is 0 Å². The summed E-state index contributed by atoms with van der Waals surface area (Å²) in [6.07, 6.45) is 0. The number of hydrogen-bond acceptors (Lipinski definition) is 0. The second-order valence-electron chi connectivity index (χ2n) is 12.1. The van der Waals surface area contributed by atoms with E-state index in [0.717, 1.165) is 0 Å². The summed E-state index contributed by atoms with van der Waals surface area (Å²) in [6, 6.07) is 66.6. The maximum atomic E-state index is 2.37. The number of fused-ring (bicyclic) bond motifs is 4. The van der Waals surface area contributed by atoms with Crippen molar-refractivity contribution in [3.8, 4) is 44.5 Å². The quantitative estimate of drug-likeness (QED) is 0.181. The third kappa shape index (κ3) is 4.47. The van der Waals surface area contributed by atoms with E-state index in [1.807, 2.05) is 0 Å². The van der Waals surface area contributed by atoms with E-state index in [9.17, 15) is 0 Å². The van der Waals surface area contributed by atoms with Gasteiger partial charge in [0.25, 0.3) is 0 Å². The first-order valence-electron chi connectivity index (χ1n) is 15.9. The molecule has 0 radical (unpaired) electrons. The lowest BCUT2D eigenvalue weighted by atomic mass is 9.85. The number of benzene rings is 9. The number of rotatable bonds is 4. The minimum Gasteiger partial charge on any atom is -0.0622 e. The van der Waals surface area contributed by atoms with Crippen LogP contribution < -0.4 is 0 Å². The molecule has 46 heavy (non-hydrogen) atoms. The zero-order valence-electron chi connectivity index (χ0n) is 25.3. The van der Waals surface area contributed by atoms with Gasteiger partial charge in [-0.05, 0) is 112 Å². The fourth-order valence-electron chi connectivity index (χ4n) is 7.18. The second kappa shape index (κ2) is 10.9. The van der Waals surface area contributed by atoms with Gasteiger partial charge in [-0.2, -0.15) is 0 Å². The Morgan fingerprint density at radius 3 is 1.26 bits per heavy atom. The molecule has 0 N–H and O–H groups in total. The van der Waals surface area contributed by atoms with Crippen LogP contribution in [0.4, 0.5) is 0 Å². The molecule has 0 aliphatic heterocycles. The van der Waals surface area contributed by atoms with E-state index in [0.29, 0.717) is 0 Å². The summed E-state index contributed by atoms with van der Waals surface area (Å²) in [5.41, 5.74) is 9.95. The summed E-state index contributed by atoms with van der Waals surface area (Å²) >= 11 is 0. The lowest BCUT2D eigenvalue weighted by Crippen LogP contribution is -1.91. The van der Waals surface area contributed by atoms with E-state index in [1.54, 1.807) is 0 Å². The highest BCUT2D eigenvalue weighted by Gasteiger charge is 2.17. The Morgan fingerprint density at radius 2 is 0.609 bits per heavy atom. The van der Waals surface area contributed by atoms with Gasteiger partial charge in [0.15, 0.2) is 0 Å². The molecule has 0 fully saturated rings. The summed E-state index contributed by atoms with van der Waals surface area (Å²) < 4.78 is 0. The predicted molar refractivity (Wildman–Crippen MR) is 198 cm³/mol. The molecule has 0 saturated carbocycles. The normalized spacial score (nSPS) is 11.5. The summed E-state index contributed by atoms with van der Waals surface area (Å²) in [7, 11) is 0. The van der Waals surface area contributed by atoms with E-state index >= 15 is 0 Å². The Kier molecular flexibility index (Phi) is 6.25. The highest BCUT2D eigenvalue weighted by atomic mass is 14.2. The highest BCUT2D eigenvalue weighted by molar-refractivity contribution is 6.21. The molecule has 0 aliphatic rings. The molecule has 0 aromatic heterocycles. The van der Waals surface area contributed by atoms with Crippen molar-refractivity contribution in [1.29, 1.82) is 0 Å². The van der Waals surface area contributed by atoms with E-state index in [2.05, 4.69) is 182 Å². The highest BCUT2D eigenvalue weighted by Crippen LogP contribution is 2.44. The average molecular weight is 583 g/mol. The molecular weight excluding hydrogens is 553 g/mol. The van der Waals surface area contributed by atoms with Crippen LogP contribution in [0.2, 0.25) is 0 Å². The SMILES string of the molecule is c1ccc(-c2ccc(-c3c4ccccc4c(-c4cccc(-c5ccc6cc7ccccc7cc6c5)c4)c4ccccc34)cc2)cc1. The molecule has 0 amide bonds. The van der Waals surface area contributed by atoms with E-state index < -0.39 is 0 Å². The van der Waals surface area contributed by atoms with E-state index in [1.165, 1.54) is 87.6 Å². The molecule has 0 atom stereocenters. The number of hydrogen-bond donors (Lipinski definition) is 0. The minimum absolute atomic E-state index is 1.22. The van der Waals surface area contributed by atoms with E-state index in [-0.39, 0.29) is 0 Å². The Hall–Kier alpha value is -5.98. The molecule has 9 rings (SSSR count). The smallest absolute Gasteiger partial charge is 0.00262 e. The Bertz CT molecular complexity index is 2500. The van der Waals surface area contributed by atoms with Crippen molar-refractivity contribution in [2.45, 2.75) is 0 Å². The van der Waals surface area contributed by atoms with Crippen molar-refractivity contribution >= 4 is 43.1 Å². The Morgan fingerprint density at radius 1 is 0.196 bits per heavy atom. The molecule has 0 unspecified atom stereocenters. The molecule has 214 valence electrons. The van der Waals surface area contributed by atoms with Crippen LogP contribution in [0.3, 0.4) is 0 Å². The minimum atomic E-state index is 1.22. The average Bonchev–Trinajstić information content (AvgIpc) is 3.13. The molecule has 0 aliphatic carbocycles. The third-order valence-electron chi connectivity index (χ3n) is 9.40. The molecular formula is C46H30. The topological polar surface area (TPSA) is 0 Å². The molecule has 9 aromatic rings. The fraction of sp³-hybridized carbons (Fsp3) is 0. The Balaban J connectivity index is 1.21. The summed E-state index contributed by atoms with van der Waals surface area (Å²) in [4.78, 5) is 0. The molecule has 0 heterocycles. The van der Waals surface area contributed by atoms with Crippen LogP contribution in [-0.4, -0.2) is 0 Å². The summed E-state index contributed by atoms with van der Waals surface area (Å²) in [5.74, 6) is 0. The first-order chi connectivity index (χ1) is 22.8. The van der Waals surface area contributed by atoms with Crippen LogP contribution in [-0.2, 0) is 0 Å². The first-order valence-corrected chi connectivity index (χ1v) is 15.9. The molecule has 0 saturated heterocycles. The summed E-state index contributed by atoms with van der Waals surface area (Å²) in [6.45, 7) is 0. The van der Waals surface area contributed by atoms with Gasteiger partial charge >= 0.3 is 0 Å². The zero-order valence-corrected chi connectivity index (χ0v) is 25.3. The lowest BCUT2D eigenvalue weighted by molar-refractivity contribution is 1.61. The van der Waals surface area contributed by atoms with Crippen LogP contribution >= 0.6 is 0 Å². The molecule has 0 spiro atoms. The zero-order chi connectivity index (χ0) is 30.5. The van der Waals surface area contributed by atoms with Crippen LogP contribution in [0, 0.1) is 0 Å². The van der Waals surface area contributed by atoms with Gasteiger partial charge < -0.3 is 0 Å². The van der Waals surface area contributed by atoms with Gasteiger partial charge in [-0.1, -0.05) is 158 Å². The van der Waals surface area contributed by atoms with Gasteiger partial charge in [0.1, 0.15) is 0 Å². The molecule has 0 bridgehead atoms. The van der Waals surface area contributed by atoms with Crippen LogP contribution in [0.1, 0.15) is 0 Å². The third-order valence-corrected chi connectivity index (χ3v) is 9.40. The van der Waals surface area contributed by atoms with Gasteiger partial charge in [-0.25, -0.2) is 0 Å². The van der Waals surface area contributed by atoms with Crippen molar-refractivity contribution in [3.63, 3.8) is 0 Å². The first kappa shape index (κ1) is 26.4.